The molecule has 0 amide bonds. The third kappa shape index (κ3) is 4.07. The highest BCUT2D eigenvalue weighted by molar-refractivity contribution is 5.57. The fourth-order valence-electron chi connectivity index (χ4n) is 3.40. The van der Waals surface area contributed by atoms with Crippen LogP contribution in [0.1, 0.15) is 18.2 Å². The summed E-state index contributed by atoms with van der Waals surface area (Å²) in [6, 6.07) is 14.7. The van der Waals surface area contributed by atoms with Gasteiger partial charge in [-0.25, -0.2) is 13.5 Å². The zero-order chi connectivity index (χ0) is 21.1. The molecule has 1 unspecified atom stereocenters. The van der Waals surface area contributed by atoms with E-state index in [4.69, 9.17) is 5.41 Å². The molecule has 8 heteroatoms. The van der Waals surface area contributed by atoms with Crippen molar-refractivity contribution in [2.45, 2.75) is 18.6 Å². The van der Waals surface area contributed by atoms with Gasteiger partial charge in [0, 0.05) is 30.1 Å². The Labute approximate surface area is 172 Å². The summed E-state index contributed by atoms with van der Waals surface area (Å²) in [6.07, 6.45) is 2.00. The van der Waals surface area contributed by atoms with Crippen molar-refractivity contribution in [1.29, 1.82) is 5.41 Å². The van der Waals surface area contributed by atoms with Crippen LogP contribution in [0, 0.1) is 11.2 Å². The van der Waals surface area contributed by atoms with Crippen LogP contribution < -0.4 is 15.6 Å². The van der Waals surface area contributed by atoms with E-state index in [1.807, 2.05) is 30.3 Å². The first-order chi connectivity index (χ1) is 14.5. The van der Waals surface area contributed by atoms with Gasteiger partial charge in [0.2, 0.25) is 5.43 Å². The van der Waals surface area contributed by atoms with Gasteiger partial charge in [0.25, 0.3) is 0 Å². The predicted octanol–water partition coefficient (Wildman–Crippen LogP) is 3.72. The van der Waals surface area contributed by atoms with Crippen LogP contribution in [0.3, 0.4) is 0 Å². The minimum absolute atomic E-state index is 0.186. The number of rotatable bonds is 7. The van der Waals surface area contributed by atoms with Crippen LogP contribution in [0.25, 0.3) is 5.69 Å². The standard InChI is InChI=1S/C22H21F2N5O/c23-15-13-28(14-15)17-6-7-20(18(24)12-17)29-11-9-21(30)22(27-29)19(8-10-25)26-16-4-2-1-3-5-16/h1-7,9-12,15,19,25-26H,8,13-14H2. The van der Waals surface area contributed by atoms with Gasteiger partial charge in [0.15, 0.2) is 5.82 Å². The van der Waals surface area contributed by atoms with E-state index in [9.17, 15) is 13.6 Å². The summed E-state index contributed by atoms with van der Waals surface area (Å²) in [5.74, 6) is -0.517. The largest absolute Gasteiger partial charge is 0.376 e. The summed E-state index contributed by atoms with van der Waals surface area (Å²) in [6.45, 7) is 0.519. The van der Waals surface area contributed by atoms with Crippen molar-refractivity contribution in [2.75, 3.05) is 23.3 Å². The number of halogens is 2. The number of hydrogen-bond donors (Lipinski definition) is 2. The molecule has 1 aliphatic heterocycles. The predicted molar refractivity (Wildman–Crippen MR) is 113 cm³/mol. The molecule has 0 spiro atoms. The number of alkyl halides is 1. The molecule has 1 aromatic heterocycles. The summed E-state index contributed by atoms with van der Waals surface area (Å²) in [4.78, 5) is 14.2. The van der Waals surface area contributed by atoms with Gasteiger partial charge < -0.3 is 15.6 Å². The first-order valence-corrected chi connectivity index (χ1v) is 9.64. The fraction of sp³-hybridized carbons (Fsp3) is 0.227. The van der Waals surface area contributed by atoms with Crippen LogP contribution in [-0.2, 0) is 0 Å². The monoisotopic (exact) mass is 409 g/mol. The Morgan fingerprint density at radius 2 is 1.97 bits per heavy atom. The third-order valence-electron chi connectivity index (χ3n) is 5.01. The summed E-state index contributed by atoms with van der Waals surface area (Å²) in [5, 5.41) is 15.1. The quantitative estimate of drug-likeness (QED) is 0.584. The van der Waals surface area contributed by atoms with Gasteiger partial charge in [-0.15, -0.1) is 0 Å². The highest BCUT2D eigenvalue weighted by atomic mass is 19.1. The molecule has 2 N–H and O–H groups in total. The topological polar surface area (TPSA) is 74.0 Å². The zero-order valence-corrected chi connectivity index (χ0v) is 16.1. The van der Waals surface area contributed by atoms with Gasteiger partial charge in [-0.2, -0.15) is 5.10 Å². The Kier molecular flexibility index (Phi) is 5.56. The van der Waals surface area contributed by atoms with Crippen LogP contribution in [0.2, 0.25) is 0 Å². The lowest BCUT2D eigenvalue weighted by atomic mass is 10.1. The highest BCUT2D eigenvalue weighted by Crippen LogP contribution is 2.26. The van der Waals surface area contributed by atoms with E-state index in [1.165, 1.54) is 29.2 Å². The van der Waals surface area contributed by atoms with E-state index in [0.717, 1.165) is 5.69 Å². The maximum Gasteiger partial charge on any atom is 0.205 e. The van der Waals surface area contributed by atoms with Crippen LogP contribution >= 0.6 is 0 Å². The van der Waals surface area contributed by atoms with Crippen LogP contribution in [0.5, 0.6) is 0 Å². The number of aromatic nitrogens is 2. The number of para-hydroxylation sites is 1. The molecule has 1 aliphatic rings. The molecule has 0 bridgehead atoms. The summed E-state index contributed by atoms with van der Waals surface area (Å²) >= 11 is 0. The van der Waals surface area contributed by atoms with Gasteiger partial charge in [-0.05, 0) is 36.5 Å². The first-order valence-electron chi connectivity index (χ1n) is 9.64. The highest BCUT2D eigenvalue weighted by Gasteiger charge is 2.27. The second-order valence-corrected chi connectivity index (χ2v) is 7.15. The maximum absolute atomic E-state index is 14.8. The van der Waals surface area contributed by atoms with E-state index in [1.54, 1.807) is 17.0 Å². The Morgan fingerprint density at radius 1 is 1.20 bits per heavy atom. The van der Waals surface area contributed by atoms with E-state index in [2.05, 4.69) is 10.4 Å². The van der Waals surface area contributed by atoms with Gasteiger partial charge in [-0.1, -0.05) is 18.2 Å². The number of nitrogens with one attached hydrogen (secondary N) is 2. The normalized spacial score (nSPS) is 14.8. The van der Waals surface area contributed by atoms with E-state index >= 15 is 0 Å². The van der Waals surface area contributed by atoms with Crippen LogP contribution in [0.15, 0.2) is 65.6 Å². The van der Waals surface area contributed by atoms with Crippen molar-refractivity contribution in [3.63, 3.8) is 0 Å². The van der Waals surface area contributed by atoms with Gasteiger partial charge in [0.05, 0.1) is 19.1 Å². The van der Waals surface area contributed by atoms with Crippen molar-refractivity contribution in [1.82, 2.24) is 9.78 Å². The lowest BCUT2D eigenvalue weighted by molar-refractivity contribution is 0.274. The third-order valence-corrected chi connectivity index (χ3v) is 5.01. The van der Waals surface area contributed by atoms with Crippen molar-refractivity contribution in [3.8, 4) is 5.69 Å². The number of anilines is 2. The Hall–Kier alpha value is -3.55. The molecule has 3 aromatic rings. The molecule has 1 fully saturated rings. The average molecular weight is 409 g/mol. The minimum atomic E-state index is -0.876. The molecule has 0 radical (unpaired) electrons. The minimum Gasteiger partial charge on any atom is -0.376 e. The molecule has 6 nitrogen and oxygen atoms in total. The lowest BCUT2D eigenvalue weighted by Gasteiger charge is -2.36. The first kappa shape index (κ1) is 19.8. The number of nitrogens with zero attached hydrogens (tertiary/aromatic N) is 3. The molecular weight excluding hydrogens is 388 g/mol. The van der Waals surface area contributed by atoms with E-state index in [0.29, 0.717) is 5.69 Å². The Bertz CT molecular complexity index is 1100. The van der Waals surface area contributed by atoms with E-state index < -0.39 is 18.0 Å². The van der Waals surface area contributed by atoms with Crippen molar-refractivity contribution in [2.24, 2.45) is 0 Å². The summed E-state index contributed by atoms with van der Waals surface area (Å²) in [5.41, 5.74) is 1.48. The fourth-order valence-corrected chi connectivity index (χ4v) is 3.40. The SMILES string of the molecule is N=CCC(Nc1ccccc1)c1nn(-c2ccc(N3CC(F)C3)cc2F)ccc1=O. The number of hydrogen-bond acceptors (Lipinski definition) is 5. The second-order valence-electron chi connectivity index (χ2n) is 7.15. The van der Waals surface area contributed by atoms with Crippen LogP contribution in [0.4, 0.5) is 20.2 Å². The molecule has 2 heterocycles. The average Bonchev–Trinajstić information content (AvgIpc) is 2.72. The smallest absolute Gasteiger partial charge is 0.205 e. The molecule has 30 heavy (non-hydrogen) atoms. The van der Waals surface area contributed by atoms with Crippen molar-refractivity contribution in [3.05, 3.63) is 82.5 Å². The Balaban J connectivity index is 1.65. The molecule has 0 saturated carbocycles. The molecule has 4 rings (SSSR count). The number of benzene rings is 2. The molecule has 2 aromatic carbocycles. The summed E-state index contributed by atoms with van der Waals surface area (Å²) in [7, 11) is 0. The summed E-state index contributed by atoms with van der Waals surface area (Å²) < 4.78 is 29.2. The van der Waals surface area contributed by atoms with Gasteiger partial charge in [0.1, 0.15) is 17.6 Å². The molecule has 154 valence electrons. The van der Waals surface area contributed by atoms with Crippen molar-refractivity contribution >= 4 is 17.6 Å². The molecule has 1 saturated heterocycles. The van der Waals surface area contributed by atoms with Gasteiger partial charge in [-0.3, -0.25) is 4.79 Å². The second kappa shape index (κ2) is 8.44. The lowest BCUT2D eigenvalue weighted by Crippen LogP contribution is -2.48. The molecular formula is C22H21F2N5O. The Morgan fingerprint density at radius 3 is 2.63 bits per heavy atom. The van der Waals surface area contributed by atoms with Crippen LogP contribution in [-0.4, -0.2) is 35.3 Å². The van der Waals surface area contributed by atoms with E-state index in [-0.39, 0.29) is 36.3 Å². The molecule has 0 aliphatic carbocycles. The van der Waals surface area contributed by atoms with Gasteiger partial charge >= 0.3 is 0 Å². The maximum atomic E-state index is 14.8. The van der Waals surface area contributed by atoms with Crippen molar-refractivity contribution < 1.29 is 8.78 Å². The molecule has 1 atom stereocenters. The zero-order valence-electron chi connectivity index (χ0n) is 16.1.